The number of carboxylic acid groups (broad SMARTS) is 1. The number of aliphatic carboxylic acids is 1. The number of hydrogen-bond acceptors (Lipinski definition) is 3. The zero-order valence-corrected chi connectivity index (χ0v) is 11.5. The number of nitrogens with one attached hydrogen (secondary N) is 1. The van der Waals surface area contributed by atoms with Crippen LogP contribution in [0.5, 0.6) is 0 Å². The summed E-state index contributed by atoms with van der Waals surface area (Å²) in [7, 11) is 0. The first-order chi connectivity index (χ1) is 10.1. The summed E-state index contributed by atoms with van der Waals surface area (Å²) in [6, 6.07) is 8.74. The van der Waals surface area contributed by atoms with Crippen molar-refractivity contribution in [1.82, 2.24) is 10.3 Å². The highest BCUT2D eigenvalue weighted by Crippen LogP contribution is 2.34. The van der Waals surface area contributed by atoms with Crippen LogP contribution in [0.2, 0.25) is 0 Å². The molecule has 1 aromatic carbocycles. The number of pyridine rings is 1. The van der Waals surface area contributed by atoms with E-state index >= 15 is 0 Å². The number of carboxylic acids is 1. The van der Waals surface area contributed by atoms with Crippen molar-refractivity contribution < 1.29 is 14.7 Å². The highest BCUT2D eigenvalue weighted by atomic mass is 16.4. The third-order valence-electron chi connectivity index (χ3n) is 3.77. The Labute approximate surface area is 122 Å². The largest absolute Gasteiger partial charge is 0.481 e. The molecule has 0 radical (unpaired) electrons. The number of benzene rings is 1. The highest BCUT2D eigenvalue weighted by Gasteiger charge is 2.33. The molecule has 5 heteroatoms. The zero-order valence-electron chi connectivity index (χ0n) is 11.5. The number of amides is 1. The van der Waals surface area contributed by atoms with Crippen LogP contribution in [-0.2, 0) is 4.79 Å². The summed E-state index contributed by atoms with van der Waals surface area (Å²) in [6.07, 6.45) is 3.66. The Morgan fingerprint density at radius 2 is 2.14 bits per heavy atom. The van der Waals surface area contributed by atoms with Gasteiger partial charge < -0.3 is 10.4 Å². The van der Waals surface area contributed by atoms with Crippen LogP contribution < -0.4 is 5.32 Å². The van der Waals surface area contributed by atoms with E-state index in [1.165, 1.54) is 0 Å². The first-order valence-corrected chi connectivity index (χ1v) is 7.01. The monoisotopic (exact) mass is 284 g/mol. The van der Waals surface area contributed by atoms with E-state index in [0.717, 1.165) is 23.7 Å². The minimum absolute atomic E-state index is 0.0223. The van der Waals surface area contributed by atoms with Crippen molar-refractivity contribution in [2.75, 3.05) is 0 Å². The lowest BCUT2D eigenvalue weighted by atomic mass is 10.1. The second-order valence-electron chi connectivity index (χ2n) is 5.43. The van der Waals surface area contributed by atoms with Crippen molar-refractivity contribution >= 4 is 22.8 Å². The Hall–Kier alpha value is -2.43. The Bertz CT molecular complexity index is 695. The van der Waals surface area contributed by atoms with Gasteiger partial charge in [-0.3, -0.25) is 14.6 Å². The van der Waals surface area contributed by atoms with Crippen molar-refractivity contribution in [1.29, 1.82) is 0 Å². The predicted octanol–water partition coefficient (Wildman–Crippen LogP) is 2.22. The maximum atomic E-state index is 12.3. The number of nitrogens with zero attached hydrogens (tertiary/aromatic N) is 1. The lowest BCUT2D eigenvalue weighted by Crippen LogP contribution is -2.38. The number of carbonyl (C=O) groups excluding carboxylic acids is 1. The summed E-state index contributed by atoms with van der Waals surface area (Å²) in [5.74, 6) is -0.805. The molecule has 108 valence electrons. The van der Waals surface area contributed by atoms with Gasteiger partial charge in [-0.1, -0.05) is 6.07 Å². The number of fused-ring (bicyclic) bond motifs is 1. The van der Waals surface area contributed by atoms with Crippen LogP contribution in [0.1, 0.15) is 29.6 Å². The van der Waals surface area contributed by atoms with Crippen LogP contribution in [0.3, 0.4) is 0 Å². The molecule has 1 aliphatic rings. The van der Waals surface area contributed by atoms with E-state index < -0.39 is 5.97 Å². The standard InChI is InChI=1S/C16H16N2O3/c19-15(20)9-14(10-3-4-10)18-16(21)12-5-6-13-11(8-12)2-1-7-17-13/h1-2,5-8,10,14H,3-4,9H2,(H,18,21)(H,19,20)/t14-/m1/s1. The van der Waals surface area contributed by atoms with Gasteiger partial charge in [-0.25, -0.2) is 0 Å². The lowest BCUT2D eigenvalue weighted by Gasteiger charge is -2.16. The first-order valence-electron chi connectivity index (χ1n) is 7.01. The molecule has 3 rings (SSSR count). The average molecular weight is 284 g/mol. The Morgan fingerprint density at radius 1 is 1.33 bits per heavy atom. The van der Waals surface area contributed by atoms with E-state index in [2.05, 4.69) is 10.3 Å². The lowest BCUT2D eigenvalue weighted by molar-refractivity contribution is -0.137. The van der Waals surface area contributed by atoms with E-state index in [4.69, 9.17) is 5.11 Å². The second-order valence-corrected chi connectivity index (χ2v) is 5.43. The van der Waals surface area contributed by atoms with Crippen molar-refractivity contribution in [3.05, 3.63) is 42.1 Å². The van der Waals surface area contributed by atoms with Gasteiger partial charge in [0, 0.05) is 23.2 Å². The molecule has 1 amide bonds. The SMILES string of the molecule is O=C(O)C[C@@H](NC(=O)c1ccc2ncccc2c1)C1CC1. The van der Waals surface area contributed by atoms with E-state index in [9.17, 15) is 9.59 Å². The topological polar surface area (TPSA) is 79.3 Å². The van der Waals surface area contributed by atoms with Gasteiger partial charge in [-0.05, 0) is 43.0 Å². The molecule has 1 heterocycles. The van der Waals surface area contributed by atoms with Crippen LogP contribution in [0.4, 0.5) is 0 Å². The van der Waals surface area contributed by atoms with Gasteiger partial charge in [-0.2, -0.15) is 0 Å². The molecule has 1 fully saturated rings. The normalized spacial score (nSPS) is 15.6. The molecule has 0 aliphatic heterocycles. The first kappa shape index (κ1) is 13.5. The molecule has 1 saturated carbocycles. The van der Waals surface area contributed by atoms with Crippen LogP contribution in [0.15, 0.2) is 36.5 Å². The number of carbonyl (C=O) groups is 2. The second kappa shape index (κ2) is 5.52. The molecular formula is C16H16N2O3. The molecule has 1 aromatic heterocycles. The molecule has 0 unspecified atom stereocenters. The molecule has 5 nitrogen and oxygen atoms in total. The smallest absolute Gasteiger partial charge is 0.305 e. The summed E-state index contributed by atoms with van der Waals surface area (Å²) in [5.41, 5.74) is 1.37. The van der Waals surface area contributed by atoms with Crippen LogP contribution >= 0.6 is 0 Å². The number of hydrogen-bond donors (Lipinski definition) is 2. The molecule has 0 spiro atoms. The van der Waals surface area contributed by atoms with E-state index in [1.807, 2.05) is 12.1 Å². The summed E-state index contributed by atoms with van der Waals surface area (Å²) < 4.78 is 0. The van der Waals surface area contributed by atoms with E-state index in [1.54, 1.807) is 24.4 Å². The maximum Gasteiger partial charge on any atom is 0.305 e. The summed E-state index contributed by atoms with van der Waals surface area (Å²) in [4.78, 5) is 27.4. The molecule has 2 aromatic rings. The Morgan fingerprint density at radius 3 is 2.86 bits per heavy atom. The van der Waals surface area contributed by atoms with Gasteiger partial charge in [0.15, 0.2) is 0 Å². The summed E-state index contributed by atoms with van der Waals surface area (Å²) >= 11 is 0. The minimum Gasteiger partial charge on any atom is -0.481 e. The van der Waals surface area contributed by atoms with Crippen molar-refractivity contribution in [2.45, 2.75) is 25.3 Å². The van der Waals surface area contributed by atoms with Gasteiger partial charge in [0.05, 0.1) is 11.9 Å². The summed E-state index contributed by atoms with van der Waals surface area (Å²) in [6.45, 7) is 0. The van der Waals surface area contributed by atoms with Crippen LogP contribution in [-0.4, -0.2) is 28.0 Å². The highest BCUT2D eigenvalue weighted by molar-refractivity contribution is 5.98. The maximum absolute atomic E-state index is 12.3. The fourth-order valence-corrected chi connectivity index (χ4v) is 2.49. The van der Waals surface area contributed by atoms with E-state index in [-0.39, 0.29) is 18.4 Å². The third-order valence-corrected chi connectivity index (χ3v) is 3.77. The van der Waals surface area contributed by atoms with Crippen LogP contribution in [0, 0.1) is 5.92 Å². The number of rotatable bonds is 5. The quantitative estimate of drug-likeness (QED) is 0.882. The Kier molecular flexibility index (Phi) is 3.56. The molecule has 0 bridgehead atoms. The van der Waals surface area contributed by atoms with Gasteiger partial charge in [0.25, 0.3) is 5.91 Å². The average Bonchev–Trinajstić information content (AvgIpc) is 3.30. The predicted molar refractivity (Wildman–Crippen MR) is 78.0 cm³/mol. The fraction of sp³-hybridized carbons (Fsp3) is 0.312. The zero-order chi connectivity index (χ0) is 14.8. The molecule has 2 N–H and O–H groups in total. The van der Waals surface area contributed by atoms with Gasteiger partial charge >= 0.3 is 5.97 Å². The van der Waals surface area contributed by atoms with Gasteiger partial charge in [-0.15, -0.1) is 0 Å². The fourth-order valence-electron chi connectivity index (χ4n) is 2.49. The molecule has 1 atom stereocenters. The molecule has 21 heavy (non-hydrogen) atoms. The van der Waals surface area contributed by atoms with Crippen molar-refractivity contribution in [2.24, 2.45) is 5.92 Å². The number of aromatic nitrogens is 1. The Balaban J connectivity index is 1.77. The molecule has 0 saturated heterocycles. The van der Waals surface area contributed by atoms with E-state index in [0.29, 0.717) is 11.5 Å². The summed E-state index contributed by atoms with van der Waals surface area (Å²) in [5, 5.41) is 12.7. The molecular weight excluding hydrogens is 268 g/mol. The molecule has 1 aliphatic carbocycles. The third kappa shape index (κ3) is 3.18. The minimum atomic E-state index is -0.880. The van der Waals surface area contributed by atoms with Gasteiger partial charge in [0.1, 0.15) is 0 Å². The van der Waals surface area contributed by atoms with Crippen LogP contribution in [0.25, 0.3) is 10.9 Å². The van der Waals surface area contributed by atoms with Crippen molar-refractivity contribution in [3.63, 3.8) is 0 Å². The van der Waals surface area contributed by atoms with Crippen molar-refractivity contribution in [3.8, 4) is 0 Å². The van der Waals surface area contributed by atoms with Gasteiger partial charge in [0.2, 0.25) is 0 Å².